The first-order valence-corrected chi connectivity index (χ1v) is 6.68. The van der Waals surface area contributed by atoms with Crippen LogP contribution in [0.25, 0.3) is 0 Å². The van der Waals surface area contributed by atoms with Crippen molar-refractivity contribution in [2.45, 2.75) is 32.7 Å². The Balaban J connectivity index is 1.96. The summed E-state index contributed by atoms with van der Waals surface area (Å²) >= 11 is 0. The van der Waals surface area contributed by atoms with Crippen LogP contribution < -0.4 is 4.74 Å². The van der Waals surface area contributed by atoms with E-state index in [4.69, 9.17) is 9.84 Å². The lowest BCUT2D eigenvalue weighted by atomic mass is 10.1. The molecule has 20 heavy (non-hydrogen) atoms. The Morgan fingerprint density at radius 1 is 1.35 bits per heavy atom. The molecule has 1 fully saturated rings. The molecule has 5 heteroatoms. The zero-order valence-electron chi connectivity index (χ0n) is 11.8. The molecule has 1 N–H and O–H groups in total. The molecule has 0 heterocycles. The fourth-order valence-corrected chi connectivity index (χ4v) is 2.04. The SMILES string of the molecule is Cc1ccc(C)c(OCC(=O)N(CC(=O)O)C2CC2)c1. The normalized spacial score (nSPS) is 13.9. The van der Waals surface area contributed by atoms with E-state index in [1.54, 1.807) is 0 Å². The molecule has 0 atom stereocenters. The lowest BCUT2D eigenvalue weighted by Gasteiger charge is -2.20. The number of hydrogen-bond acceptors (Lipinski definition) is 3. The van der Waals surface area contributed by atoms with Gasteiger partial charge in [0.05, 0.1) is 0 Å². The first-order valence-electron chi connectivity index (χ1n) is 6.68. The van der Waals surface area contributed by atoms with Crippen molar-refractivity contribution in [3.05, 3.63) is 29.3 Å². The van der Waals surface area contributed by atoms with Gasteiger partial charge in [-0.15, -0.1) is 0 Å². The fraction of sp³-hybridized carbons (Fsp3) is 0.467. The minimum absolute atomic E-state index is 0.0702. The smallest absolute Gasteiger partial charge is 0.323 e. The Morgan fingerprint density at radius 2 is 2.05 bits per heavy atom. The summed E-state index contributed by atoms with van der Waals surface area (Å²) in [5.74, 6) is -0.586. The predicted molar refractivity (Wildman–Crippen MR) is 73.8 cm³/mol. The molecule has 1 aromatic rings. The summed E-state index contributed by atoms with van der Waals surface area (Å²) in [6.45, 7) is 3.50. The van der Waals surface area contributed by atoms with E-state index in [1.807, 2.05) is 32.0 Å². The first kappa shape index (κ1) is 14.4. The number of carboxylic acids is 1. The zero-order chi connectivity index (χ0) is 14.7. The van der Waals surface area contributed by atoms with Crippen molar-refractivity contribution >= 4 is 11.9 Å². The van der Waals surface area contributed by atoms with Crippen molar-refractivity contribution < 1.29 is 19.4 Å². The number of rotatable bonds is 6. The maximum absolute atomic E-state index is 12.1. The monoisotopic (exact) mass is 277 g/mol. The quantitative estimate of drug-likeness (QED) is 0.860. The standard InChI is InChI=1S/C15H19NO4/c1-10-3-4-11(2)13(7-10)20-9-14(17)16(8-15(18)19)12-5-6-12/h3-4,7,12H,5-6,8-9H2,1-2H3,(H,18,19). The third kappa shape index (κ3) is 3.73. The molecule has 0 unspecified atom stereocenters. The molecule has 5 nitrogen and oxygen atoms in total. The van der Waals surface area contributed by atoms with Gasteiger partial charge in [0, 0.05) is 6.04 Å². The van der Waals surface area contributed by atoms with E-state index >= 15 is 0 Å². The Kier molecular flexibility index (Phi) is 4.27. The van der Waals surface area contributed by atoms with E-state index < -0.39 is 5.97 Å². The van der Waals surface area contributed by atoms with Crippen LogP contribution in [-0.2, 0) is 9.59 Å². The number of hydrogen-bond donors (Lipinski definition) is 1. The predicted octanol–water partition coefficient (Wildman–Crippen LogP) is 1.76. The molecule has 0 spiro atoms. The van der Waals surface area contributed by atoms with E-state index in [2.05, 4.69) is 0 Å². The third-order valence-electron chi connectivity index (χ3n) is 3.31. The van der Waals surface area contributed by atoms with Gasteiger partial charge >= 0.3 is 5.97 Å². The van der Waals surface area contributed by atoms with Crippen molar-refractivity contribution in [2.24, 2.45) is 0 Å². The molecule has 1 aliphatic carbocycles. The maximum Gasteiger partial charge on any atom is 0.323 e. The largest absolute Gasteiger partial charge is 0.483 e. The third-order valence-corrected chi connectivity index (χ3v) is 3.31. The van der Waals surface area contributed by atoms with Crippen LogP contribution in [0.4, 0.5) is 0 Å². The molecular weight excluding hydrogens is 258 g/mol. The van der Waals surface area contributed by atoms with Crippen LogP contribution in [0.5, 0.6) is 5.75 Å². The minimum atomic E-state index is -0.989. The number of carboxylic acid groups (broad SMARTS) is 1. The van der Waals surface area contributed by atoms with Crippen molar-refractivity contribution in [1.82, 2.24) is 4.90 Å². The molecule has 0 saturated heterocycles. The lowest BCUT2D eigenvalue weighted by molar-refractivity contribution is -0.145. The van der Waals surface area contributed by atoms with Gasteiger partial charge in [-0.1, -0.05) is 12.1 Å². The van der Waals surface area contributed by atoms with Crippen LogP contribution in [0.1, 0.15) is 24.0 Å². The highest BCUT2D eigenvalue weighted by molar-refractivity contribution is 5.83. The molecule has 1 aliphatic rings. The van der Waals surface area contributed by atoms with Gasteiger partial charge in [-0.3, -0.25) is 9.59 Å². The number of amides is 1. The van der Waals surface area contributed by atoms with Crippen LogP contribution >= 0.6 is 0 Å². The average molecular weight is 277 g/mol. The number of ether oxygens (including phenoxy) is 1. The highest BCUT2D eigenvalue weighted by atomic mass is 16.5. The number of carbonyl (C=O) groups is 2. The topological polar surface area (TPSA) is 66.8 Å². The molecule has 1 saturated carbocycles. The molecule has 0 aromatic heterocycles. The van der Waals surface area contributed by atoms with E-state index in [1.165, 1.54) is 4.90 Å². The van der Waals surface area contributed by atoms with Gasteiger partial charge in [0.2, 0.25) is 0 Å². The molecule has 1 aromatic carbocycles. The van der Waals surface area contributed by atoms with Crippen molar-refractivity contribution in [3.63, 3.8) is 0 Å². The van der Waals surface area contributed by atoms with Gasteiger partial charge in [-0.25, -0.2) is 0 Å². The lowest BCUT2D eigenvalue weighted by Crippen LogP contribution is -2.40. The van der Waals surface area contributed by atoms with Gasteiger partial charge in [0.15, 0.2) is 6.61 Å². The van der Waals surface area contributed by atoms with Gasteiger partial charge < -0.3 is 14.7 Å². The minimum Gasteiger partial charge on any atom is -0.483 e. The number of aliphatic carboxylic acids is 1. The van der Waals surface area contributed by atoms with Crippen LogP contribution in [0.2, 0.25) is 0 Å². The highest BCUT2D eigenvalue weighted by Gasteiger charge is 2.33. The number of carbonyl (C=O) groups excluding carboxylic acids is 1. The summed E-state index contributed by atoms with van der Waals surface area (Å²) in [5, 5.41) is 8.84. The second kappa shape index (κ2) is 5.94. The molecular formula is C15H19NO4. The Morgan fingerprint density at radius 3 is 2.65 bits per heavy atom. The van der Waals surface area contributed by atoms with E-state index in [0.717, 1.165) is 24.0 Å². The van der Waals surface area contributed by atoms with Crippen LogP contribution in [0, 0.1) is 13.8 Å². The summed E-state index contributed by atoms with van der Waals surface area (Å²) < 4.78 is 5.54. The summed E-state index contributed by atoms with van der Waals surface area (Å²) in [4.78, 5) is 24.2. The Hall–Kier alpha value is -2.04. The fourth-order valence-electron chi connectivity index (χ4n) is 2.04. The second-order valence-corrected chi connectivity index (χ2v) is 5.20. The van der Waals surface area contributed by atoms with Gasteiger partial charge in [-0.05, 0) is 43.9 Å². The average Bonchev–Trinajstić information content (AvgIpc) is 3.20. The van der Waals surface area contributed by atoms with E-state index in [0.29, 0.717) is 5.75 Å². The number of aryl methyl sites for hydroxylation is 2. The van der Waals surface area contributed by atoms with Crippen molar-refractivity contribution in [2.75, 3.05) is 13.2 Å². The van der Waals surface area contributed by atoms with E-state index in [9.17, 15) is 9.59 Å². The van der Waals surface area contributed by atoms with Gasteiger partial charge in [0.1, 0.15) is 12.3 Å². The first-order chi connectivity index (χ1) is 9.47. The second-order valence-electron chi connectivity index (χ2n) is 5.20. The summed E-state index contributed by atoms with van der Waals surface area (Å²) in [7, 11) is 0. The summed E-state index contributed by atoms with van der Waals surface area (Å²) in [5.41, 5.74) is 2.02. The molecule has 0 radical (unpaired) electrons. The molecule has 1 amide bonds. The zero-order valence-corrected chi connectivity index (χ0v) is 11.8. The number of benzene rings is 1. The molecule has 2 rings (SSSR count). The Labute approximate surface area is 118 Å². The van der Waals surface area contributed by atoms with E-state index in [-0.39, 0.29) is 25.1 Å². The summed E-state index contributed by atoms with van der Waals surface area (Å²) in [6, 6.07) is 5.86. The highest BCUT2D eigenvalue weighted by Crippen LogP contribution is 2.27. The van der Waals surface area contributed by atoms with Crippen LogP contribution in [0.3, 0.4) is 0 Å². The molecule has 0 aliphatic heterocycles. The maximum atomic E-state index is 12.1. The molecule has 108 valence electrons. The van der Waals surface area contributed by atoms with Crippen LogP contribution in [0.15, 0.2) is 18.2 Å². The van der Waals surface area contributed by atoms with Crippen LogP contribution in [-0.4, -0.2) is 41.1 Å². The summed E-state index contributed by atoms with van der Waals surface area (Å²) in [6.07, 6.45) is 1.75. The van der Waals surface area contributed by atoms with Crippen molar-refractivity contribution in [3.8, 4) is 5.75 Å². The number of nitrogens with zero attached hydrogens (tertiary/aromatic N) is 1. The molecule has 0 bridgehead atoms. The Bertz CT molecular complexity index is 523. The van der Waals surface area contributed by atoms with Crippen molar-refractivity contribution in [1.29, 1.82) is 0 Å². The van der Waals surface area contributed by atoms with Gasteiger partial charge in [0.25, 0.3) is 5.91 Å². The van der Waals surface area contributed by atoms with Gasteiger partial charge in [-0.2, -0.15) is 0 Å².